The van der Waals surface area contributed by atoms with Crippen LogP contribution in [0.5, 0.6) is 0 Å². The molecule has 0 spiro atoms. The molecule has 1 N–H and O–H groups in total. The third kappa shape index (κ3) is 3.58. The van der Waals surface area contributed by atoms with Crippen LogP contribution in [0.4, 0.5) is 21.5 Å². The Morgan fingerprint density at radius 2 is 2.11 bits per heavy atom. The number of hydrogen-bond donors (Lipinski definition) is 1. The molecule has 1 unspecified atom stereocenters. The lowest BCUT2D eigenvalue weighted by Crippen LogP contribution is -2.01. The highest BCUT2D eigenvalue weighted by molar-refractivity contribution is 7.84. The van der Waals surface area contributed by atoms with E-state index in [1.54, 1.807) is 0 Å². The summed E-state index contributed by atoms with van der Waals surface area (Å²) in [6.07, 6.45) is 2.66. The van der Waals surface area contributed by atoms with Crippen LogP contribution in [0.2, 0.25) is 5.02 Å². The molecular formula is C17H10ClFN4O3S. The summed E-state index contributed by atoms with van der Waals surface area (Å²) >= 11 is 5.78. The number of anilines is 2. The molecule has 0 saturated carbocycles. The van der Waals surface area contributed by atoms with Crippen molar-refractivity contribution >= 4 is 50.4 Å². The second-order valence-electron chi connectivity index (χ2n) is 5.46. The molecule has 1 heterocycles. The first kappa shape index (κ1) is 18.7. The van der Waals surface area contributed by atoms with Crippen molar-refractivity contribution in [3.05, 3.63) is 63.0 Å². The Labute approximate surface area is 160 Å². The minimum absolute atomic E-state index is 0.108. The molecule has 7 nitrogen and oxygen atoms in total. The lowest BCUT2D eigenvalue weighted by atomic mass is 10.1. The number of rotatable bonds is 4. The molecule has 0 aliphatic heterocycles. The fraction of sp³-hybridized carbons (Fsp3) is 0.0588. The smallest absolute Gasteiger partial charge is 0.271 e. The summed E-state index contributed by atoms with van der Waals surface area (Å²) in [6, 6.07) is 8.26. The van der Waals surface area contributed by atoms with Crippen LogP contribution in [0, 0.1) is 27.3 Å². The summed E-state index contributed by atoms with van der Waals surface area (Å²) in [5.41, 5.74) is 0.675. The number of non-ortho nitro benzene ring substituents is 1. The SMILES string of the molecule is CS(=O)c1cc([N+](=O)[O-])cc2c(Nc3ccc(F)c(Cl)c3)c(C#N)cnc12. The average Bonchev–Trinajstić information content (AvgIpc) is 2.63. The second kappa shape index (κ2) is 7.26. The monoisotopic (exact) mass is 404 g/mol. The maximum atomic E-state index is 13.4. The number of pyridine rings is 1. The Morgan fingerprint density at radius 1 is 1.37 bits per heavy atom. The fourth-order valence-electron chi connectivity index (χ4n) is 2.52. The quantitative estimate of drug-likeness (QED) is 0.513. The molecule has 2 aromatic carbocycles. The first-order chi connectivity index (χ1) is 12.8. The number of fused-ring (bicyclic) bond motifs is 1. The van der Waals surface area contributed by atoms with Gasteiger partial charge < -0.3 is 5.32 Å². The van der Waals surface area contributed by atoms with Crippen LogP contribution in [0.15, 0.2) is 41.4 Å². The van der Waals surface area contributed by atoms with E-state index in [1.165, 1.54) is 36.7 Å². The number of nitro benzene ring substituents is 1. The molecular weight excluding hydrogens is 395 g/mol. The zero-order valence-corrected chi connectivity index (χ0v) is 15.3. The molecule has 0 aliphatic carbocycles. The molecule has 3 rings (SSSR count). The molecule has 0 bridgehead atoms. The number of hydrogen-bond acceptors (Lipinski definition) is 6. The van der Waals surface area contributed by atoms with E-state index in [-0.39, 0.29) is 37.8 Å². The molecule has 1 aromatic heterocycles. The van der Waals surface area contributed by atoms with Crippen molar-refractivity contribution in [3.63, 3.8) is 0 Å². The lowest BCUT2D eigenvalue weighted by molar-refractivity contribution is -0.384. The van der Waals surface area contributed by atoms with Gasteiger partial charge in [-0.15, -0.1) is 0 Å². The summed E-state index contributed by atoms with van der Waals surface area (Å²) < 4.78 is 25.4. The van der Waals surface area contributed by atoms with Gasteiger partial charge in [-0.25, -0.2) is 4.39 Å². The fourth-order valence-corrected chi connectivity index (χ4v) is 3.42. The first-order valence-corrected chi connectivity index (χ1v) is 9.32. The Kier molecular flexibility index (Phi) is 5.03. The largest absolute Gasteiger partial charge is 0.354 e. The van der Waals surface area contributed by atoms with Crippen LogP contribution in [0.25, 0.3) is 10.9 Å². The summed E-state index contributed by atoms with van der Waals surface area (Å²) in [6.45, 7) is 0. The van der Waals surface area contributed by atoms with Gasteiger partial charge >= 0.3 is 0 Å². The van der Waals surface area contributed by atoms with E-state index < -0.39 is 21.5 Å². The van der Waals surface area contributed by atoms with Gasteiger partial charge in [0.1, 0.15) is 11.9 Å². The van der Waals surface area contributed by atoms with E-state index in [0.29, 0.717) is 5.69 Å². The predicted octanol–water partition coefficient (Wildman–Crippen LogP) is 4.29. The van der Waals surface area contributed by atoms with E-state index >= 15 is 0 Å². The molecule has 0 saturated heterocycles. The highest BCUT2D eigenvalue weighted by atomic mass is 35.5. The average molecular weight is 405 g/mol. The zero-order valence-electron chi connectivity index (χ0n) is 13.7. The first-order valence-electron chi connectivity index (χ1n) is 7.38. The van der Waals surface area contributed by atoms with E-state index in [0.717, 1.165) is 6.07 Å². The Bertz CT molecular complexity index is 1160. The number of nitrogens with zero attached hydrogens (tertiary/aromatic N) is 3. The van der Waals surface area contributed by atoms with E-state index in [1.807, 2.05) is 6.07 Å². The van der Waals surface area contributed by atoms with Crippen molar-refractivity contribution in [3.8, 4) is 6.07 Å². The summed E-state index contributed by atoms with van der Waals surface area (Å²) in [5, 5.41) is 23.7. The van der Waals surface area contributed by atoms with Crippen molar-refractivity contribution in [2.24, 2.45) is 0 Å². The number of nitro groups is 1. The Morgan fingerprint density at radius 3 is 2.70 bits per heavy atom. The van der Waals surface area contributed by atoms with Crippen molar-refractivity contribution < 1.29 is 13.5 Å². The maximum Gasteiger partial charge on any atom is 0.271 e. The van der Waals surface area contributed by atoms with Gasteiger partial charge in [0, 0.05) is 35.7 Å². The van der Waals surface area contributed by atoms with Gasteiger partial charge in [0.25, 0.3) is 5.69 Å². The number of halogens is 2. The third-order valence-corrected chi connectivity index (χ3v) is 4.97. The summed E-state index contributed by atoms with van der Waals surface area (Å²) in [5.74, 6) is -0.610. The molecule has 0 aliphatic rings. The third-order valence-electron chi connectivity index (χ3n) is 3.75. The highest BCUT2D eigenvalue weighted by Gasteiger charge is 2.19. The van der Waals surface area contributed by atoms with E-state index in [9.17, 15) is 24.0 Å². The van der Waals surface area contributed by atoms with Crippen molar-refractivity contribution in [2.45, 2.75) is 4.90 Å². The molecule has 0 amide bonds. The maximum absolute atomic E-state index is 13.4. The van der Waals surface area contributed by atoms with Crippen LogP contribution in [-0.2, 0) is 10.8 Å². The normalized spacial score (nSPS) is 11.8. The second-order valence-corrected chi connectivity index (χ2v) is 7.22. The van der Waals surface area contributed by atoms with Gasteiger partial charge in [-0.05, 0) is 18.2 Å². The van der Waals surface area contributed by atoms with Gasteiger partial charge in [-0.3, -0.25) is 19.3 Å². The van der Waals surface area contributed by atoms with Gasteiger partial charge in [-0.1, -0.05) is 11.6 Å². The molecule has 136 valence electrons. The Balaban J connectivity index is 2.31. The zero-order chi connectivity index (χ0) is 19.7. The number of aromatic nitrogens is 1. The van der Waals surface area contributed by atoms with Crippen LogP contribution < -0.4 is 5.32 Å². The molecule has 0 radical (unpaired) electrons. The number of benzene rings is 2. The summed E-state index contributed by atoms with van der Waals surface area (Å²) in [4.78, 5) is 15.0. The molecule has 27 heavy (non-hydrogen) atoms. The molecule has 10 heteroatoms. The van der Waals surface area contributed by atoms with Gasteiger partial charge in [0.15, 0.2) is 0 Å². The summed E-state index contributed by atoms with van der Waals surface area (Å²) in [7, 11) is -1.55. The topological polar surface area (TPSA) is 109 Å². The standard InChI is InChI=1S/C17H10ClFN4O3S/c1-27(26)15-6-11(23(24)25)5-12-16(9(7-20)8-21-17(12)15)22-10-2-3-14(19)13(18)4-10/h2-6,8H,1H3,(H,21,22). The van der Waals surface area contributed by atoms with E-state index in [2.05, 4.69) is 10.3 Å². The van der Waals surface area contributed by atoms with Gasteiger partial charge in [-0.2, -0.15) is 5.26 Å². The minimum atomic E-state index is -1.55. The number of nitriles is 1. The Hall–Kier alpha value is -3.09. The van der Waals surface area contributed by atoms with Crippen LogP contribution in [0.3, 0.4) is 0 Å². The number of nitrogens with one attached hydrogen (secondary N) is 1. The molecule has 1 atom stereocenters. The van der Waals surface area contributed by atoms with Crippen LogP contribution in [0.1, 0.15) is 5.56 Å². The van der Waals surface area contributed by atoms with Gasteiger partial charge in [0.05, 0.1) is 42.4 Å². The molecule has 3 aromatic rings. The van der Waals surface area contributed by atoms with Crippen molar-refractivity contribution in [1.29, 1.82) is 5.26 Å². The van der Waals surface area contributed by atoms with Crippen LogP contribution >= 0.6 is 11.6 Å². The van der Waals surface area contributed by atoms with E-state index in [4.69, 9.17) is 11.6 Å². The lowest BCUT2D eigenvalue weighted by Gasteiger charge is -2.13. The molecule has 0 fully saturated rings. The predicted molar refractivity (Wildman–Crippen MR) is 100 cm³/mol. The van der Waals surface area contributed by atoms with Crippen LogP contribution in [-0.4, -0.2) is 20.4 Å². The van der Waals surface area contributed by atoms with Crippen molar-refractivity contribution in [1.82, 2.24) is 4.98 Å². The minimum Gasteiger partial charge on any atom is -0.354 e. The highest BCUT2D eigenvalue weighted by Crippen LogP contribution is 2.35. The van der Waals surface area contributed by atoms with Crippen molar-refractivity contribution in [2.75, 3.05) is 11.6 Å². The van der Waals surface area contributed by atoms with Gasteiger partial charge in [0.2, 0.25) is 0 Å².